The molecule has 1 aromatic carbocycles. The van der Waals surface area contributed by atoms with Crippen LogP contribution in [0.4, 0.5) is 4.79 Å². The molecule has 0 atom stereocenters. The Morgan fingerprint density at radius 2 is 2.00 bits per heavy atom. The summed E-state index contributed by atoms with van der Waals surface area (Å²) in [5, 5.41) is 2.70. The molecule has 3 aromatic rings. The smallest absolute Gasteiger partial charge is 0.290 e. The third-order valence-electron chi connectivity index (χ3n) is 3.76. The molecule has 7 heteroatoms. The average molecular weight is 368 g/mol. The fourth-order valence-electron chi connectivity index (χ4n) is 2.58. The van der Waals surface area contributed by atoms with Crippen LogP contribution in [-0.2, 0) is 4.79 Å². The van der Waals surface area contributed by atoms with E-state index in [4.69, 9.17) is 4.42 Å². The maximum atomic E-state index is 11.7. The van der Waals surface area contributed by atoms with Crippen molar-refractivity contribution >= 4 is 51.7 Å². The standard InChI is InChI=1S/C18H12N2O3S2/c1-24-13-4-2-10(3-5-13)14-9-19-8-11-6-12(23-16(11)14)7-15-17(21)20-18(22)25-15/h2-9H,1H3,(H,20,21,22)/b15-7-. The van der Waals surface area contributed by atoms with Crippen LogP contribution < -0.4 is 5.32 Å². The monoisotopic (exact) mass is 368 g/mol. The molecule has 0 spiro atoms. The van der Waals surface area contributed by atoms with Gasteiger partial charge < -0.3 is 4.42 Å². The van der Waals surface area contributed by atoms with Crippen molar-refractivity contribution in [3.05, 3.63) is 53.4 Å². The Morgan fingerprint density at radius 3 is 2.68 bits per heavy atom. The summed E-state index contributed by atoms with van der Waals surface area (Å²) < 4.78 is 5.93. The first-order valence-electron chi connectivity index (χ1n) is 7.41. The predicted molar refractivity (Wildman–Crippen MR) is 100 cm³/mol. The van der Waals surface area contributed by atoms with E-state index in [1.165, 1.54) is 4.90 Å². The van der Waals surface area contributed by atoms with Crippen LogP contribution in [0.25, 0.3) is 28.2 Å². The van der Waals surface area contributed by atoms with E-state index in [0.717, 1.165) is 28.3 Å². The Balaban J connectivity index is 1.77. The van der Waals surface area contributed by atoms with E-state index >= 15 is 0 Å². The number of pyridine rings is 1. The van der Waals surface area contributed by atoms with Crippen LogP contribution in [0.2, 0.25) is 0 Å². The lowest BCUT2D eigenvalue weighted by Crippen LogP contribution is -2.17. The average Bonchev–Trinajstić information content (AvgIpc) is 3.17. The zero-order valence-corrected chi connectivity index (χ0v) is 14.7. The lowest BCUT2D eigenvalue weighted by atomic mass is 10.1. The van der Waals surface area contributed by atoms with Gasteiger partial charge in [0.05, 0.1) is 4.91 Å². The topological polar surface area (TPSA) is 72.2 Å². The van der Waals surface area contributed by atoms with E-state index in [1.54, 1.807) is 30.2 Å². The van der Waals surface area contributed by atoms with Gasteiger partial charge in [-0.25, -0.2) is 0 Å². The Hall–Kier alpha value is -2.51. The Labute approximate surface area is 151 Å². The maximum Gasteiger partial charge on any atom is 0.290 e. The second-order valence-electron chi connectivity index (χ2n) is 5.33. The molecule has 2 amide bonds. The second kappa shape index (κ2) is 6.42. The number of carbonyl (C=O) groups excluding carboxylic acids is 2. The highest BCUT2D eigenvalue weighted by Gasteiger charge is 2.25. The van der Waals surface area contributed by atoms with Gasteiger partial charge in [-0.2, -0.15) is 0 Å². The molecule has 5 nitrogen and oxygen atoms in total. The van der Waals surface area contributed by atoms with Crippen LogP contribution >= 0.6 is 23.5 Å². The van der Waals surface area contributed by atoms with Crippen molar-refractivity contribution in [1.82, 2.24) is 10.3 Å². The number of hydrogen-bond donors (Lipinski definition) is 1. The molecule has 1 saturated heterocycles. The highest BCUT2D eigenvalue weighted by Crippen LogP contribution is 2.33. The van der Waals surface area contributed by atoms with E-state index in [9.17, 15) is 9.59 Å². The van der Waals surface area contributed by atoms with Crippen molar-refractivity contribution in [3.8, 4) is 11.1 Å². The largest absolute Gasteiger partial charge is 0.456 e. The van der Waals surface area contributed by atoms with Crippen LogP contribution in [0.3, 0.4) is 0 Å². The van der Waals surface area contributed by atoms with Gasteiger partial charge in [0.2, 0.25) is 0 Å². The molecule has 4 rings (SSSR count). The van der Waals surface area contributed by atoms with Crippen LogP contribution in [0.15, 0.2) is 56.9 Å². The molecule has 25 heavy (non-hydrogen) atoms. The van der Waals surface area contributed by atoms with Crippen LogP contribution in [0.1, 0.15) is 5.76 Å². The number of furan rings is 1. The normalized spacial score (nSPS) is 16.0. The number of nitrogens with zero attached hydrogens (tertiary/aromatic N) is 1. The number of rotatable bonds is 3. The van der Waals surface area contributed by atoms with Crippen molar-refractivity contribution in [1.29, 1.82) is 0 Å². The number of hydrogen-bond acceptors (Lipinski definition) is 6. The number of thioether (sulfide) groups is 2. The first kappa shape index (κ1) is 16.0. The predicted octanol–water partition coefficient (Wildman–Crippen LogP) is 4.54. The van der Waals surface area contributed by atoms with Gasteiger partial charge >= 0.3 is 0 Å². The molecule has 3 heterocycles. The highest BCUT2D eigenvalue weighted by molar-refractivity contribution is 8.18. The molecule has 1 fully saturated rings. The quantitative estimate of drug-likeness (QED) is 0.540. The Bertz CT molecular complexity index is 1020. The Kier molecular flexibility index (Phi) is 4.10. The molecule has 0 bridgehead atoms. The number of benzene rings is 1. The molecule has 0 aliphatic carbocycles. The molecule has 2 aromatic heterocycles. The van der Waals surface area contributed by atoms with Crippen molar-refractivity contribution in [3.63, 3.8) is 0 Å². The number of fused-ring (bicyclic) bond motifs is 1. The number of carbonyl (C=O) groups is 2. The van der Waals surface area contributed by atoms with E-state index in [-0.39, 0.29) is 5.24 Å². The summed E-state index contributed by atoms with van der Waals surface area (Å²) in [6.45, 7) is 0. The van der Waals surface area contributed by atoms with Gasteiger partial charge in [-0.3, -0.25) is 19.9 Å². The van der Waals surface area contributed by atoms with Crippen molar-refractivity contribution in [2.45, 2.75) is 4.90 Å². The summed E-state index contributed by atoms with van der Waals surface area (Å²) in [4.78, 5) is 28.7. The lowest BCUT2D eigenvalue weighted by molar-refractivity contribution is -0.115. The molecule has 0 radical (unpaired) electrons. The van der Waals surface area contributed by atoms with Gasteiger partial charge in [0.1, 0.15) is 11.3 Å². The van der Waals surface area contributed by atoms with Crippen LogP contribution in [0.5, 0.6) is 0 Å². The van der Waals surface area contributed by atoms with E-state index in [1.807, 2.05) is 24.5 Å². The summed E-state index contributed by atoms with van der Waals surface area (Å²) in [6, 6.07) is 9.97. The molecular formula is C18H12N2O3S2. The molecule has 1 N–H and O–H groups in total. The van der Waals surface area contributed by atoms with Crippen molar-refractivity contribution < 1.29 is 14.0 Å². The molecule has 0 unspecified atom stereocenters. The molecular weight excluding hydrogens is 356 g/mol. The fraction of sp³-hybridized carbons (Fsp3) is 0.0556. The minimum atomic E-state index is -0.401. The summed E-state index contributed by atoms with van der Waals surface area (Å²) in [5.74, 6) is 0.110. The number of nitrogens with one attached hydrogen (secondary N) is 1. The van der Waals surface area contributed by atoms with Gasteiger partial charge in [0.25, 0.3) is 11.1 Å². The van der Waals surface area contributed by atoms with Gasteiger partial charge in [-0.15, -0.1) is 11.8 Å². The zero-order chi connectivity index (χ0) is 17.4. The lowest BCUT2D eigenvalue weighted by Gasteiger charge is -2.03. The summed E-state index contributed by atoms with van der Waals surface area (Å²) in [5.41, 5.74) is 2.59. The van der Waals surface area contributed by atoms with E-state index < -0.39 is 5.91 Å². The number of imide groups is 1. The number of amides is 2. The van der Waals surface area contributed by atoms with E-state index in [0.29, 0.717) is 16.2 Å². The van der Waals surface area contributed by atoms with Gasteiger partial charge in [0.15, 0.2) is 0 Å². The highest BCUT2D eigenvalue weighted by atomic mass is 32.2. The Morgan fingerprint density at radius 1 is 1.20 bits per heavy atom. The van der Waals surface area contributed by atoms with Gasteiger partial charge in [-0.05, 0) is 41.8 Å². The first-order valence-corrected chi connectivity index (χ1v) is 9.45. The third-order valence-corrected chi connectivity index (χ3v) is 5.31. The molecule has 124 valence electrons. The SMILES string of the molecule is CSc1ccc(-c2cncc3cc(/C=C4\SC(=O)NC4=O)oc23)cc1. The van der Waals surface area contributed by atoms with Gasteiger partial charge in [-0.1, -0.05) is 12.1 Å². The maximum absolute atomic E-state index is 11.7. The van der Waals surface area contributed by atoms with Crippen molar-refractivity contribution in [2.24, 2.45) is 0 Å². The molecule has 1 aliphatic rings. The van der Waals surface area contributed by atoms with Crippen LogP contribution in [0, 0.1) is 0 Å². The second-order valence-corrected chi connectivity index (χ2v) is 7.23. The summed E-state index contributed by atoms with van der Waals surface area (Å²) >= 11 is 2.55. The third kappa shape index (κ3) is 3.08. The summed E-state index contributed by atoms with van der Waals surface area (Å²) in [6.07, 6.45) is 7.09. The first-order chi connectivity index (χ1) is 12.1. The summed E-state index contributed by atoms with van der Waals surface area (Å²) in [7, 11) is 0. The van der Waals surface area contributed by atoms with Crippen LogP contribution in [-0.4, -0.2) is 22.4 Å². The minimum Gasteiger partial charge on any atom is -0.456 e. The van der Waals surface area contributed by atoms with Gasteiger partial charge in [0, 0.05) is 34.3 Å². The zero-order valence-electron chi connectivity index (χ0n) is 13.1. The van der Waals surface area contributed by atoms with E-state index in [2.05, 4.69) is 22.4 Å². The fourth-order valence-corrected chi connectivity index (χ4v) is 3.65. The number of aromatic nitrogens is 1. The minimum absolute atomic E-state index is 0.322. The van der Waals surface area contributed by atoms with Crippen molar-refractivity contribution in [2.75, 3.05) is 6.26 Å². The molecule has 0 saturated carbocycles. The molecule has 1 aliphatic heterocycles.